The van der Waals surface area contributed by atoms with Gasteiger partial charge in [0, 0.05) is 48.5 Å². The number of fused-ring (bicyclic) bond motifs is 1. The molecule has 20 heteroatoms. The Morgan fingerprint density at radius 3 is 2.61 bits per heavy atom. The quantitative estimate of drug-likeness (QED) is 0.102. The number of thiazole rings is 1. The molecule has 3 N–H and O–H groups in total. The van der Waals surface area contributed by atoms with Crippen molar-refractivity contribution in [3.8, 4) is 5.75 Å². The second kappa shape index (κ2) is 18.8. The molecule has 0 bridgehead atoms. The van der Waals surface area contributed by atoms with Crippen LogP contribution >= 0.6 is 11.3 Å². The molecule has 19 nitrogen and oxygen atoms in total. The number of hydrogen-bond donors (Lipinski definition) is 3. The molecule has 4 aromatic heterocycles. The van der Waals surface area contributed by atoms with E-state index in [-0.39, 0.29) is 41.3 Å². The molecular formula is C42H52N12O7S. The van der Waals surface area contributed by atoms with Crippen LogP contribution in [0.15, 0.2) is 52.8 Å². The predicted molar refractivity (Wildman–Crippen MR) is 230 cm³/mol. The van der Waals surface area contributed by atoms with Gasteiger partial charge in [0.2, 0.25) is 0 Å². The zero-order chi connectivity index (χ0) is 44.0. The highest BCUT2D eigenvalue weighted by Crippen LogP contribution is 2.29. The summed E-state index contributed by atoms with van der Waals surface area (Å²) in [6.45, 7) is 10.8. The molecule has 2 aliphatic heterocycles. The average Bonchev–Trinajstić information content (AvgIpc) is 4.02. The molecule has 3 amide bonds. The van der Waals surface area contributed by atoms with Crippen LogP contribution in [0, 0.1) is 0 Å². The Morgan fingerprint density at radius 1 is 1.08 bits per heavy atom. The van der Waals surface area contributed by atoms with Crippen LogP contribution in [0.25, 0.3) is 17.8 Å². The van der Waals surface area contributed by atoms with Gasteiger partial charge in [-0.3, -0.25) is 24.1 Å². The number of carbonyl (C=O) groups is 3. The monoisotopic (exact) mass is 868 g/mol. The van der Waals surface area contributed by atoms with E-state index in [0.29, 0.717) is 65.8 Å². The molecule has 0 saturated carbocycles. The first-order valence-electron chi connectivity index (χ1n) is 20.7. The van der Waals surface area contributed by atoms with Gasteiger partial charge in [-0.1, -0.05) is 32.9 Å². The van der Waals surface area contributed by atoms with Crippen molar-refractivity contribution >= 4 is 58.0 Å². The van der Waals surface area contributed by atoms with E-state index in [1.54, 1.807) is 36.1 Å². The molecule has 1 unspecified atom stereocenters. The van der Waals surface area contributed by atoms with Gasteiger partial charge in [0.1, 0.15) is 35.9 Å². The fourth-order valence-corrected chi connectivity index (χ4v) is 8.95. The van der Waals surface area contributed by atoms with E-state index < -0.39 is 24.0 Å². The lowest BCUT2D eigenvalue weighted by Crippen LogP contribution is -2.60. The summed E-state index contributed by atoms with van der Waals surface area (Å²) in [4.78, 5) is 69.7. The number of nitrogens with one attached hydrogen (secondary N) is 3. The smallest absolute Gasteiger partial charge is 0.338 e. The first kappa shape index (κ1) is 43.8. The van der Waals surface area contributed by atoms with Crippen molar-refractivity contribution in [2.24, 2.45) is 0 Å². The van der Waals surface area contributed by atoms with E-state index in [2.05, 4.69) is 36.6 Å². The Morgan fingerprint density at radius 2 is 1.89 bits per heavy atom. The number of quaternary nitrogens is 1. The van der Waals surface area contributed by atoms with Crippen LogP contribution < -0.4 is 36.4 Å². The number of ether oxygens (including phenoxy) is 1. The number of amides is 3. The first-order chi connectivity index (χ1) is 29.7. The minimum atomic E-state index is -1.10. The molecule has 5 aromatic rings. The van der Waals surface area contributed by atoms with Crippen LogP contribution in [-0.4, -0.2) is 115 Å². The summed E-state index contributed by atoms with van der Waals surface area (Å²) in [6, 6.07) is 10.1. The molecule has 0 spiro atoms. The van der Waals surface area contributed by atoms with Gasteiger partial charge in [0.25, 0.3) is 11.5 Å². The topological polar surface area (TPSA) is 223 Å². The van der Waals surface area contributed by atoms with E-state index in [9.17, 15) is 24.3 Å². The number of pyridine rings is 1. The van der Waals surface area contributed by atoms with Crippen molar-refractivity contribution in [1.82, 2.24) is 45.4 Å². The highest BCUT2D eigenvalue weighted by molar-refractivity contribution is 7.14. The second-order valence-electron chi connectivity index (χ2n) is 16.6. The van der Waals surface area contributed by atoms with Crippen molar-refractivity contribution in [2.75, 3.05) is 56.6 Å². The summed E-state index contributed by atoms with van der Waals surface area (Å²) in [5.41, 5.74) is 4.56. The molecule has 1 aromatic carbocycles. The summed E-state index contributed by atoms with van der Waals surface area (Å²) in [5, 5.41) is 31.9. The van der Waals surface area contributed by atoms with Gasteiger partial charge in [0.05, 0.1) is 50.5 Å². The molecule has 7 rings (SSSR count). The number of carboxylic acids is 1. The first-order valence-corrected chi connectivity index (χ1v) is 21.5. The highest BCUT2D eigenvalue weighted by atomic mass is 32.1. The van der Waals surface area contributed by atoms with E-state index in [4.69, 9.17) is 14.6 Å². The zero-order valence-corrected chi connectivity index (χ0v) is 36.3. The van der Waals surface area contributed by atoms with Crippen LogP contribution in [0.4, 0.5) is 15.7 Å². The van der Waals surface area contributed by atoms with Crippen molar-refractivity contribution in [3.05, 3.63) is 86.5 Å². The Bertz CT molecular complexity index is 2500. The number of piperidine rings is 1. The van der Waals surface area contributed by atoms with Crippen molar-refractivity contribution in [1.29, 1.82) is 0 Å². The van der Waals surface area contributed by atoms with Crippen LogP contribution in [0.2, 0.25) is 0 Å². The van der Waals surface area contributed by atoms with Crippen LogP contribution in [-0.2, 0) is 21.6 Å². The summed E-state index contributed by atoms with van der Waals surface area (Å²) >= 11 is 1.34. The number of benzene rings is 1. The summed E-state index contributed by atoms with van der Waals surface area (Å²) in [5.74, 6) is -0.0143. The van der Waals surface area contributed by atoms with E-state index in [1.807, 2.05) is 62.2 Å². The fourth-order valence-electron chi connectivity index (χ4n) is 8.02. The number of urea groups is 1. The summed E-state index contributed by atoms with van der Waals surface area (Å²) in [6.07, 6.45) is 7.30. The number of carbonyl (C=O) groups excluding carboxylic acids is 3. The van der Waals surface area contributed by atoms with E-state index >= 15 is 0 Å². The number of likely N-dealkylation sites (N-methyl/N-ethyl adjacent to an activating group) is 1. The maximum Gasteiger partial charge on any atom is 0.338 e. The van der Waals surface area contributed by atoms with Gasteiger partial charge < -0.3 is 29.3 Å². The number of likely N-dealkylation sites (tertiary alicyclic amines) is 1. The highest BCUT2D eigenvalue weighted by Gasteiger charge is 2.40. The molecule has 0 aliphatic carbocycles. The second-order valence-corrected chi connectivity index (χ2v) is 17.5. The van der Waals surface area contributed by atoms with Gasteiger partial charge in [0.15, 0.2) is 11.0 Å². The number of nitrogens with zero attached hydrogens (tertiary/aromatic N) is 9. The number of aliphatic carboxylic acids is 1. The fraction of sp³-hybridized carbons (Fsp3) is 0.452. The lowest BCUT2D eigenvalue weighted by atomic mass is 9.93. The maximum atomic E-state index is 14.4. The third-order valence-electron chi connectivity index (χ3n) is 11.5. The minimum Gasteiger partial charge on any atom is -0.544 e. The van der Waals surface area contributed by atoms with Crippen LogP contribution in [0.1, 0.15) is 86.4 Å². The molecule has 62 heavy (non-hydrogen) atoms. The minimum absolute atomic E-state index is 0.0502. The van der Waals surface area contributed by atoms with Crippen molar-refractivity contribution < 1.29 is 33.5 Å². The Balaban J connectivity index is 1.12. The molecule has 2 fully saturated rings. The van der Waals surface area contributed by atoms with Crippen LogP contribution in [0.5, 0.6) is 5.75 Å². The zero-order valence-electron chi connectivity index (χ0n) is 35.5. The molecule has 2 aliphatic rings. The molecule has 328 valence electrons. The standard InChI is InChI=1S/C42H52N12O7S/c1-6-54(25-36(55)56)20-8-9-29(54)22-43-40(59)48-61-31-10-7-18-51(24-31)37-32(15-16-34-47-49-50-53(34)23-27-11-13-30(60-5)14-12-27)39(58)52-19-17-28(21-35(52)45-37)38(57)46-41-44-33(26-62-41)42(2,3)4/h11-17,19,21,26,29,31H,6-10,18,20,22-25H2,1-5H3,(H3-,43,44,46,48,55,56,57,59)/t29-,31+,54?/m0/s1. The Labute approximate surface area is 362 Å². The third-order valence-corrected chi connectivity index (χ3v) is 12.3. The number of hydrogen-bond acceptors (Lipinski definition) is 14. The normalized spacial score (nSPS) is 19.2. The summed E-state index contributed by atoms with van der Waals surface area (Å²) in [7, 11) is 1.60. The number of aromatic nitrogens is 7. The van der Waals surface area contributed by atoms with E-state index in [1.165, 1.54) is 21.9 Å². The Kier molecular flexibility index (Phi) is 13.3. The molecule has 0 radical (unpaired) electrons. The van der Waals surface area contributed by atoms with Crippen LogP contribution in [0.3, 0.4) is 0 Å². The lowest BCUT2D eigenvalue weighted by Gasteiger charge is -2.39. The van der Waals surface area contributed by atoms with Gasteiger partial charge in [-0.15, -0.1) is 16.4 Å². The van der Waals surface area contributed by atoms with Gasteiger partial charge in [-0.05, 0) is 72.2 Å². The molecule has 6 heterocycles. The average molecular weight is 869 g/mol. The number of anilines is 2. The lowest BCUT2D eigenvalue weighted by molar-refractivity contribution is -0.931. The molecule has 2 saturated heterocycles. The SMILES string of the molecule is CC[N+]1(CC(=O)[O-])CCC[C@H]1CNC(=O)NO[C@@H]1CCCN(c2nc3cc(C(=O)Nc4nc(C(C)(C)C)cs4)ccn3c(=O)c2C=Cc2nnnn2Cc2ccc(OC)cc2)C1. The largest absolute Gasteiger partial charge is 0.544 e. The molecule has 3 atom stereocenters. The maximum absolute atomic E-state index is 14.4. The number of methoxy groups -OCH3 is 1. The van der Waals surface area contributed by atoms with Gasteiger partial charge >= 0.3 is 6.03 Å². The Hall–Kier alpha value is -6.25. The van der Waals surface area contributed by atoms with Gasteiger partial charge in [-0.25, -0.2) is 24.9 Å². The van der Waals surface area contributed by atoms with Crippen molar-refractivity contribution in [3.63, 3.8) is 0 Å². The summed E-state index contributed by atoms with van der Waals surface area (Å²) < 4.78 is 8.64. The third kappa shape index (κ3) is 10.1. The van der Waals surface area contributed by atoms with Crippen molar-refractivity contribution in [2.45, 2.75) is 77.5 Å². The van der Waals surface area contributed by atoms with Gasteiger partial charge in [-0.2, -0.15) is 0 Å². The molecular weight excluding hydrogens is 817 g/mol. The predicted octanol–water partition coefficient (Wildman–Crippen LogP) is 2.86. The van der Waals surface area contributed by atoms with E-state index in [0.717, 1.165) is 36.4 Å². The number of carboxylic acid groups (broad SMARTS) is 1. The number of hydroxylamine groups is 1. The number of tetrazole rings is 1. The number of rotatable bonds is 15.